The van der Waals surface area contributed by atoms with E-state index < -0.39 is 4.92 Å². The van der Waals surface area contributed by atoms with Gasteiger partial charge in [0.15, 0.2) is 5.17 Å². The largest absolute Gasteiger partial charge is 0.309 e. The maximum absolute atomic E-state index is 14.4. The van der Waals surface area contributed by atoms with E-state index in [2.05, 4.69) is 36.6 Å². The lowest BCUT2D eigenvalue weighted by Gasteiger charge is -2.16. The third kappa shape index (κ3) is 6.53. The monoisotopic (exact) mass is 674 g/mol. The Morgan fingerprint density at radius 1 is 0.720 bits per heavy atom. The van der Waals surface area contributed by atoms with Gasteiger partial charge in [0.05, 0.1) is 32.6 Å². The van der Waals surface area contributed by atoms with Crippen molar-refractivity contribution >= 4 is 46.0 Å². The zero-order valence-corrected chi connectivity index (χ0v) is 28.5. The number of carbonyl (C=O) groups is 1. The smallest absolute Gasteiger partial charge is 0.271 e. The number of aliphatic imine (C=N–C) groups is 1. The summed E-state index contributed by atoms with van der Waals surface area (Å²) in [7, 11) is 0. The van der Waals surface area contributed by atoms with E-state index in [9.17, 15) is 14.9 Å². The minimum Gasteiger partial charge on any atom is -0.309 e. The minimum atomic E-state index is -0.396. The summed E-state index contributed by atoms with van der Waals surface area (Å²) in [6, 6.07) is 44.8. The molecule has 0 unspecified atom stereocenters. The Bertz CT molecular complexity index is 2220. The number of carbonyl (C=O) groups excluding carboxylic acids is 1. The molecule has 1 saturated heterocycles. The van der Waals surface area contributed by atoms with E-state index in [1.165, 1.54) is 35.0 Å². The molecule has 8 heteroatoms. The van der Waals surface area contributed by atoms with Gasteiger partial charge in [0.1, 0.15) is 0 Å². The zero-order chi connectivity index (χ0) is 34.6. The van der Waals surface area contributed by atoms with Crippen LogP contribution in [0.25, 0.3) is 34.3 Å². The highest BCUT2D eigenvalue weighted by atomic mass is 32.2. The number of aromatic nitrogens is 1. The number of hydrogen-bond donors (Lipinski definition) is 0. The molecule has 6 aromatic rings. The maximum atomic E-state index is 14.4. The van der Waals surface area contributed by atoms with Crippen LogP contribution in [-0.2, 0) is 17.6 Å². The Morgan fingerprint density at radius 2 is 1.28 bits per heavy atom. The number of benzene rings is 5. The Labute approximate surface area is 295 Å². The van der Waals surface area contributed by atoms with Gasteiger partial charge in [0.25, 0.3) is 11.6 Å². The summed E-state index contributed by atoms with van der Waals surface area (Å²) in [5.74, 6) is -0.161. The first-order valence-corrected chi connectivity index (χ1v) is 17.4. The first-order chi connectivity index (χ1) is 24.4. The maximum Gasteiger partial charge on any atom is 0.271 e. The number of nitrogens with zero attached hydrogens (tertiary/aromatic N) is 4. The predicted octanol–water partition coefficient (Wildman–Crippen LogP) is 10.7. The van der Waals surface area contributed by atoms with E-state index in [1.807, 2.05) is 103 Å². The summed E-state index contributed by atoms with van der Waals surface area (Å²) in [5, 5.41) is 12.1. The highest BCUT2D eigenvalue weighted by Crippen LogP contribution is 2.42. The lowest BCUT2D eigenvalue weighted by molar-refractivity contribution is -0.384. The number of nitro benzene ring substituents is 1. The van der Waals surface area contributed by atoms with E-state index in [0.29, 0.717) is 10.1 Å². The summed E-state index contributed by atoms with van der Waals surface area (Å²) in [4.78, 5) is 32.8. The normalized spacial score (nSPS) is 14.5. The number of amidine groups is 1. The quantitative estimate of drug-likeness (QED) is 0.0868. The lowest BCUT2D eigenvalue weighted by Crippen LogP contribution is -2.28. The molecule has 7 nitrogen and oxygen atoms in total. The standard InChI is InChI=1S/C42H34N4O3S/c1-3-29-15-19-34(20-16-29)43-42-45(36-21-17-30(4-2)18-22-36)41(47)39(50-42)28-33-27-38(31-11-7-5-8-12-31)44(40(33)32-13-9-6-10-14-32)35-23-25-37(26-24-35)46(48)49/h5-28H,3-4H2,1-2H3/b39-28+,43-42?. The predicted molar refractivity (Wildman–Crippen MR) is 205 cm³/mol. The van der Waals surface area contributed by atoms with Crippen molar-refractivity contribution in [2.45, 2.75) is 26.7 Å². The molecule has 1 fully saturated rings. The number of rotatable bonds is 9. The SMILES string of the molecule is CCc1ccc(N=C2S/C(=C/c3cc(-c4ccccc4)n(-c4ccc([N+](=O)[O-])cc4)c3-c3ccccc3)C(=O)N2c2ccc(CC)cc2)cc1. The van der Waals surface area contributed by atoms with Crippen LogP contribution in [0.5, 0.6) is 0 Å². The van der Waals surface area contributed by atoms with Gasteiger partial charge < -0.3 is 4.57 Å². The first kappa shape index (κ1) is 32.6. The van der Waals surface area contributed by atoms with E-state index in [1.54, 1.807) is 17.0 Å². The lowest BCUT2D eigenvalue weighted by atomic mass is 10.1. The van der Waals surface area contributed by atoms with Crippen molar-refractivity contribution in [3.63, 3.8) is 0 Å². The van der Waals surface area contributed by atoms with Gasteiger partial charge in [-0.3, -0.25) is 19.8 Å². The second-order valence-electron chi connectivity index (χ2n) is 11.9. The van der Waals surface area contributed by atoms with Gasteiger partial charge in [-0.05, 0) is 95.4 Å². The van der Waals surface area contributed by atoms with Crippen molar-refractivity contribution in [2.24, 2.45) is 4.99 Å². The molecule has 2 heterocycles. The number of amides is 1. The Balaban J connectivity index is 1.42. The van der Waals surface area contributed by atoms with E-state index >= 15 is 0 Å². The van der Waals surface area contributed by atoms with Crippen LogP contribution >= 0.6 is 11.8 Å². The highest BCUT2D eigenvalue weighted by molar-refractivity contribution is 8.19. The van der Waals surface area contributed by atoms with Crippen LogP contribution < -0.4 is 4.90 Å². The van der Waals surface area contributed by atoms with Gasteiger partial charge in [-0.15, -0.1) is 0 Å². The number of non-ortho nitro benzene ring substituents is 1. The van der Waals surface area contributed by atoms with E-state index in [0.717, 1.165) is 58.0 Å². The summed E-state index contributed by atoms with van der Waals surface area (Å²) >= 11 is 1.35. The summed E-state index contributed by atoms with van der Waals surface area (Å²) in [6.45, 7) is 4.23. The average Bonchev–Trinajstić information content (AvgIpc) is 3.69. The molecule has 1 aliphatic heterocycles. The molecular formula is C42H34N4O3S. The Hall–Kier alpha value is -5.99. The molecule has 0 N–H and O–H groups in total. The molecule has 1 amide bonds. The fraction of sp³-hybridized carbons (Fsp3) is 0.0952. The van der Waals surface area contributed by atoms with E-state index in [4.69, 9.17) is 4.99 Å². The summed E-state index contributed by atoms with van der Waals surface area (Å²) < 4.78 is 2.11. The number of aryl methyl sites for hydroxylation is 2. The summed E-state index contributed by atoms with van der Waals surface area (Å²) in [5.41, 5.74) is 9.19. The van der Waals surface area contributed by atoms with Crippen LogP contribution in [0.15, 0.2) is 149 Å². The number of thioether (sulfide) groups is 1. The Morgan fingerprint density at radius 3 is 1.86 bits per heavy atom. The molecule has 246 valence electrons. The topological polar surface area (TPSA) is 80.7 Å². The van der Waals surface area contributed by atoms with Gasteiger partial charge in [-0.25, -0.2) is 4.99 Å². The molecule has 50 heavy (non-hydrogen) atoms. The van der Waals surface area contributed by atoms with Crippen molar-refractivity contribution in [1.29, 1.82) is 0 Å². The first-order valence-electron chi connectivity index (χ1n) is 16.6. The number of anilines is 1. The molecular weight excluding hydrogens is 641 g/mol. The highest BCUT2D eigenvalue weighted by Gasteiger charge is 2.35. The second kappa shape index (κ2) is 14.2. The minimum absolute atomic E-state index is 0.0157. The second-order valence-corrected chi connectivity index (χ2v) is 12.9. The molecule has 1 aromatic heterocycles. The third-order valence-electron chi connectivity index (χ3n) is 8.73. The average molecular weight is 675 g/mol. The van der Waals surface area contributed by atoms with Crippen molar-refractivity contribution in [3.8, 4) is 28.2 Å². The summed E-state index contributed by atoms with van der Waals surface area (Å²) in [6.07, 6.45) is 3.78. The fourth-order valence-electron chi connectivity index (χ4n) is 6.06. The van der Waals surface area contributed by atoms with Crippen LogP contribution in [0.1, 0.15) is 30.5 Å². The number of nitro groups is 1. The molecule has 7 rings (SSSR count). The molecule has 0 atom stereocenters. The number of hydrogen-bond acceptors (Lipinski definition) is 5. The van der Waals surface area contributed by atoms with Gasteiger partial charge in [0, 0.05) is 23.4 Å². The van der Waals surface area contributed by atoms with Gasteiger partial charge in [0.2, 0.25) is 0 Å². The van der Waals surface area contributed by atoms with Crippen LogP contribution in [0.4, 0.5) is 17.1 Å². The molecule has 5 aromatic carbocycles. The van der Waals surface area contributed by atoms with Crippen LogP contribution in [0, 0.1) is 10.1 Å². The molecule has 0 saturated carbocycles. The van der Waals surface area contributed by atoms with Crippen LogP contribution in [-0.4, -0.2) is 20.6 Å². The fourth-order valence-corrected chi connectivity index (χ4v) is 7.05. The molecule has 1 aliphatic rings. The third-order valence-corrected chi connectivity index (χ3v) is 9.70. The van der Waals surface area contributed by atoms with Gasteiger partial charge in [-0.2, -0.15) is 0 Å². The Kier molecular flexibility index (Phi) is 9.27. The molecule has 0 bridgehead atoms. The van der Waals surface area contributed by atoms with Crippen LogP contribution in [0.3, 0.4) is 0 Å². The zero-order valence-electron chi connectivity index (χ0n) is 27.7. The molecule has 0 spiro atoms. The van der Waals surface area contributed by atoms with Crippen molar-refractivity contribution in [3.05, 3.63) is 171 Å². The molecule has 0 aliphatic carbocycles. The van der Waals surface area contributed by atoms with E-state index in [-0.39, 0.29) is 11.6 Å². The van der Waals surface area contributed by atoms with Crippen LogP contribution in [0.2, 0.25) is 0 Å². The van der Waals surface area contributed by atoms with Crippen molar-refractivity contribution in [2.75, 3.05) is 4.90 Å². The van der Waals surface area contributed by atoms with Gasteiger partial charge >= 0.3 is 0 Å². The van der Waals surface area contributed by atoms with Gasteiger partial charge in [-0.1, -0.05) is 98.8 Å². The molecule has 0 radical (unpaired) electrons. The van der Waals surface area contributed by atoms with Crippen molar-refractivity contribution < 1.29 is 9.72 Å². The van der Waals surface area contributed by atoms with Crippen molar-refractivity contribution in [1.82, 2.24) is 4.57 Å².